The Hall–Kier alpha value is -3.44. The van der Waals surface area contributed by atoms with Gasteiger partial charge >= 0.3 is 0 Å². The second kappa shape index (κ2) is 7.66. The molecular formula is C23H20N2O3. The van der Waals surface area contributed by atoms with Crippen LogP contribution in [0.15, 0.2) is 66.7 Å². The molecule has 3 aromatic carbocycles. The maximum absolute atomic E-state index is 11.3. The minimum Gasteiger partial charge on any atom is -0.492 e. The standard InChI is InChI=1S/C23H20N2O3/c1-24-12-13-28-23-9-5-2-6-16(23)14-21-19-8-4-3-7-18(19)20-11-10-17(25(26)27)15-22(20)21/h2-11,14-15,24H,12-13H2,1H3. The lowest BCUT2D eigenvalue weighted by molar-refractivity contribution is -0.384. The number of fused-ring (bicyclic) bond motifs is 3. The van der Waals surface area contributed by atoms with Crippen molar-refractivity contribution in [3.05, 3.63) is 93.5 Å². The van der Waals surface area contributed by atoms with E-state index in [-0.39, 0.29) is 10.6 Å². The van der Waals surface area contributed by atoms with Crippen LogP contribution < -0.4 is 10.1 Å². The molecule has 0 fully saturated rings. The van der Waals surface area contributed by atoms with Crippen LogP contribution in [-0.4, -0.2) is 25.1 Å². The lowest BCUT2D eigenvalue weighted by Crippen LogP contribution is -2.16. The lowest BCUT2D eigenvalue weighted by atomic mass is 10.0. The molecule has 1 N–H and O–H groups in total. The van der Waals surface area contributed by atoms with Crippen LogP contribution in [0.3, 0.4) is 0 Å². The summed E-state index contributed by atoms with van der Waals surface area (Å²) in [7, 11) is 1.89. The molecule has 0 amide bonds. The fourth-order valence-corrected chi connectivity index (χ4v) is 3.51. The number of rotatable bonds is 6. The van der Waals surface area contributed by atoms with Crippen LogP contribution in [0.1, 0.15) is 16.7 Å². The number of nitro benzene ring substituents is 1. The first-order valence-electron chi connectivity index (χ1n) is 9.16. The number of hydrogen-bond donors (Lipinski definition) is 1. The number of ether oxygens (including phenoxy) is 1. The fourth-order valence-electron chi connectivity index (χ4n) is 3.51. The zero-order valence-electron chi connectivity index (χ0n) is 15.5. The molecule has 0 saturated heterocycles. The fraction of sp³-hybridized carbons (Fsp3) is 0.130. The Kier molecular flexibility index (Phi) is 4.91. The van der Waals surface area contributed by atoms with Crippen LogP contribution in [-0.2, 0) is 0 Å². The number of non-ortho nitro benzene ring substituents is 1. The Morgan fingerprint density at radius 2 is 1.68 bits per heavy atom. The molecule has 0 heterocycles. The van der Waals surface area contributed by atoms with E-state index < -0.39 is 0 Å². The maximum atomic E-state index is 11.3. The van der Waals surface area contributed by atoms with E-state index in [4.69, 9.17) is 4.74 Å². The summed E-state index contributed by atoms with van der Waals surface area (Å²) in [6, 6.07) is 21.0. The molecule has 0 saturated carbocycles. The van der Waals surface area contributed by atoms with Crippen molar-refractivity contribution in [3.8, 4) is 16.9 Å². The third kappa shape index (κ3) is 3.28. The number of nitrogens with one attached hydrogen (secondary N) is 1. The van der Waals surface area contributed by atoms with Crippen molar-refractivity contribution in [1.82, 2.24) is 5.32 Å². The molecule has 5 heteroatoms. The second-order valence-corrected chi connectivity index (χ2v) is 6.58. The van der Waals surface area contributed by atoms with Gasteiger partial charge in [-0.2, -0.15) is 0 Å². The molecule has 140 valence electrons. The van der Waals surface area contributed by atoms with Crippen LogP contribution in [0.5, 0.6) is 5.75 Å². The maximum Gasteiger partial charge on any atom is 0.270 e. The Morgan fingerprint density at radius 1 is 0.964 bits per heavy atom. The van der Waals surface area contributed by atoms with Gasteiger partial charge in [0.05, 0.1) is 4.92 Å². The molecular weight excluding hydrogens is 352 g/mol. The molecule has 3 aromatic rings. The molecule has 5 nitrogen and oxygen atoms in total. The number of benzene rings is 3. The van der Waals surface area contributed by atoms with Gasteiger partial charge in [0.25, 0.3) is 5.69 Å². The van der Waals surface area contributed by atoms with Crippen molar-refractivity contribution < 1.29 is 9.66 Å². The van der Waals surface area contributed by atoms with Gasteiger partial charge in [0.2, 0.25) is 0 Å². The highest BCUT2D eigenvalue weighted by Gasteiger charge is 2.25. The molecule has 1 aliphatic carbocycles. The van der Waals surface area contributed by atoms with Crippen molar-refractivity contribution in [3.63, 3.8) is 0 Å². The van der Waals surface area contributed by atoms with E-state index in [9.17, 15) is 10.1 Å². The van der Waals surface area contributed by atoms with Gasteiger partial charge in [-0.25, -0.2) is 0 Å². The smallest absolute Gasteiger partial charge is 0.270 e. The van der Waals surface area contributed by atoms with E-state index in [0.717, 1.165) is 45.7 Å². The summed E-state index contributed by atoms with van der Waals surface area (Å²) < 4.78 is 5.91. The van der Waals surface area contributed by atoms with Crippen molar-refractivity contribution in [1.29, 1.82) is 0 Å². The van der Waals surface area contributed by atoms with Gasteiger partial charge < -0.3 is 10.1 Å². The van der Waals surface area contributed by atoms with Gasteiger partial charge in [0.1, 0.15) is 12.4 Å². The predicted molar refractivity (Wildman–Crippen MR) is 111 cm³/mol. The van der Waals surface area contributed by atoms with Crippen LogP contribution in [0.2, 0.25) is 0 Å². The number of likely N-dealkylation sites (N-methyl/N-ethyl adjacent to an activating group) is 1. The van der Waals surface area contributed by atoms with Crippen LogP contribution in [0.25, 0.3) is 22.8 Å². The third-order valence-electron chi connectivity index (χ3n) is 4.84. The Bertz CT molecular complexity index is 1070. The first kappa shape index (κ1) is 17.9. The van der Waals surface area contributed by atoms with E-state index in [1.807, 2.05) is 49.5 Å². The summed E-state index contributed by atoms with van der Waals surface area (Å²) in [5.74, 6) is 0.793. The molecule has 28 heavy (non-hydrogen) atoms. The molecule has 1 aliphatic rings. The van der Waals surface area contributed by atoms with Crippen molar-refractivity contribution in [2.75, 3.05) is 20.2 Å². The van der Waals surface area contributed by atoms with Gasteiger partial charge in [-0.15, -0.1) is 0 Å². The van der Waals surface area contributed by atoms with Crippen LogP contribution in [0.4, 0.5) is 5.69 Å². The number of hydrogen-bond acceptors (Lipinski definition) is 4. The summed E-state index contributed by atoms with van der Waals surface area (Å²) in [5, 5.41) is 14.4. The molecule has 0 spiro atoms. The SMILES string of the molecule is CNCCOc1ccccc1C=C1c2ccccc2-c2ccc([N+](=O)[O-])cc21. The minimum absolute atomic E-state index is 0.0935. The van der Waals surface area contributed by atoms with Gasteiger partial charge in [-0.1, -0.05) is 42.5 Å². The molecule has 4 rings (SSSR count). The van der Waals surface area contributed by atoms with Gasteiger partial charge in [-0.3, -0.25) is 10.1 Å². The second-order valence-electron chi connectivity index (χ2n) is 6.58. The van der Waals surface area contributed by atoms with E-state index in [1.165, 1.54) is 0 Å². The molecule has 0 unspecified atom stereocenters. The van der Waals surface area contributed by atoms with E-state index in [0.29, 0.717) is 6.61 Å². The normalized spacial score (nSPS) is 13.2. The van der Waals surface area contributed by atoms with E-state index >= 15 is 0 Å². The molecule has 0 atom stereocenters. The highest BCUT2D eigenvalue weighted by molar-refractivity contribution is 6.07. The Labute approximate surface area is 163 Å². The number of para-hydroxylation sites is 1. The first-order valence-corrected chi connectivity index (χ1v) is 9.16. The number of nitrogens with zero attached hydrogens (tertiary/aromatic N) is 1. The quantitative estimate of drug-likeness (QED) is 0.301. The van der Waals surface area contributed by atoms with Crippen LogP contribution in [0, 0.1) is 10.1 Å². The predicted octanol–water partition coefficient (Wildman–Crippen LogP) is 4.76. The lowest BCUT2D eigenvalue weighted by Gasteiger charge is -2.10. The van der Waals surface area contributed by atoms with E-state index in [1.54, 1.807) is 12.1 Å². The summed E-state index contributed by atoms with van der Waals surface area (Å²) in [4.78, 5) is 10.9. The summed E-state index contributed by atoms with van der Waals surface area (Å²) in [6.07, 6.45) is 2.06. The topological polar surface area (TPSA) is 64.4 Å². The molecule has 0 aromatic heterocycles. The highest BCUT2D eigenvalue weighted by atomic mass is 16.6. The summed E-state index contributed by atoms with van der Waals surface area (Å²) >= 11 is 0. The van der Waals surface area contributed by atoms with Crippen molar-refractivity contribution in [2.24, 2.45) is 0 Å². The average molecular weight is 372 g/mol. The third-order valence-corrected chi connectivity index (χ3v) is 4.84. The monoisotopic (exact) mass is 372 g/mol. The zero-order valence-corrected chi connectivity index (χ0v) is 15.5. The summed E-state index contributed by atoms with van der Waals surface area (Å²) in [5.41, 5.74) is 6.06. The largest absolute Gasteiger partial charge is 0.492 e. The van der Waals surface area contributed by atoms with E-state index in [2.05, 4.69) is 23.5 Å². The van der Waals surface area contributed by atoms with Crippen LogP contribution >= 0.6 is 0 Å². The van der Waals surface area contributed by atoms with Gasteiger partial charge in [-0.05, 0) is 53.1 Å². The average Bonchev–Trinajstić information content (AvgIpc) is 3.03. The van der Waals surface area contributed by atoms with Crippen molar-refractivity contribution in [2.45, 2.75) is 0 Å². The van der Waals surface area contributed by atoms with Crippen molar-refractivity contribution >= 4 is 17.3 Å². The molecule has 0 bridgehead atoms. The zero-order chi connectivity index (χ0) is 19.5. The van der Waals surface area contributed by atoms with Gasteiger partial charge in [0.15, 0.2) is 0 Å². The first-order chi connectivity index (χ1) is 13.7. The molecule has 0 radical (unpaired) electrons. The Morgan fingerprint density at radius 3 is 2.46 bits per heavy atom. The Balaban J connectivity index is 1.84. The minimum atomic E-state index is -0.351. The number of nitro groups is 1. The molecule has 0 aliphatic heterocycles. The van der Waals surface area contributed by atoms with Gasteiger partial charge in [0, 0.05) is 24.2 Å². The highest BCUT2D eigenvalue weighted by Crippen LogP contribution is 2.46. The summed E-state index contributed by atoms with van der Waals surface area (Å²) in [6.45, 7) is 1.32.